The summed E-state index contributed by atoms with van der Waals surface area (Å²) in [6, 6.07) is 0. The first-order valence-corrected chi connectivity index (χ1v) is 8.87. The zero-order valence-corrected chi connectivity index (χ0v) is 16.0. The van der Waals surface area contributed by atoms with Gasteiger partial charge in [-0.15, -0.1) is 0 Å². The fraction of sp³-hybridized carbons (Fsp3) is 0.611. The minimum atomic E-state index is -0.623. The molecule has 1 aliphatic heterocycles. The van der Waals surface area contributed by atoms with Crippen molar-refractivity contribution >= 4 is 29.6 Å². The summed E-state index contributed by atoms with van der Waals surface area (Å²) in [6.07, 6.45) is 4.58. The Balaban J connectivity index is 2.06. The predicted molar refractivity (Wildman–Crippen MR) is 96.2 cm³/mol. The van der Waals surface area contributed by atoms with Gasteiger partial charge in [-0.05, 0) is 33.6 Å². The summed E-state index contributed by atoms with van der Waals surface area (Å²) in [4.78, 5) is 58.6. The van der Waals surface area contributed by atoms with E-state index >= 15 is 0 Å². The third-order valence-corrected chi connectivity index (χ3v) is 3.48. The second-order valence-electron chi connectivity index (χ2n) is 7.11. The Morgan fingerprint density at radius 2 is 1.52 bits per heavy atom. The molecular formula is C18H27N3O6. The van der Waals surface area contributed by atoms with Gasteiger partial charge in [0.2, 0.25) is 11.8 Å². The van der Waals surface area contributed by atoms with Gasteiger partial charge in [0, 0.05) is 25.1 Å². The molecule has 0 saturated carbocycles. The van der Waals surface area contributed by atoms with E-state index in [0.717, 1.165) is 4.90 Å². The molecule has 1 heterocycles. The van der Waals surface area contributed by atoms with Crippen LogP contribution in [0.15, 0.2) is 12.2 Å². The third kappa shape index (κ3) is 9.53. The van der Waals surface area contributed by atoms with Crippen LogP contribution in [0.2, 0.25) is 0 Å². The van der Waals surface area contributed by atoms with E-state index in [4.69, 9.17) is 4.74 Å². The van der Waals surface area contributed by atoms with Crippen molar-refractivity contribution in [1.82, 2.24) is 15.5 Å². The number of unbranched alkanes of at least 4 members (excludes halogenated alkanes) is 2. The maximum atomic E-state index is 11.7. The summed E-state index contributed by atoms with van der Waals surface area (Å²) in [5.74, 6) is -1.93. The average molecular weight is 381 g/mol. The Hall–Kier alpha value is -2.71. The van der Waals surface area contributed by atoms with Crippen molar-refractivity contribution in [3.05, 3.63) is 12.2 Å². The van der Waals surface area contributed by atoms with E-state index < -0.39 is 17.5 Å². The number of hydrogen-bond acceptors (Lipinski definition) is 6. The zero-order valence-electron chi connectivity index (χ0n) is 16.0. The van der Waals surface area contributed by atoms with Crippen molar-refractivity contribution in [2.24, 2.45) is 0 Å². The molecule has 150 valence electrons. The number of imide groups is 1. The molecule has 0 aromatic heterocycles. The second kappa shape index (κ2) is 10.4. The molecule has 0 saturated heterocycles. The number of hydrogen-bond donors (Lipinski definition) is 2. The van der Waals surface area contributed by atoms with E-state index in [-0.39, 0.29) is 37.2 Å². The topological polar surface area (TPSA) is 122 Å². The first kappa shape index (κ1) is 22.3. The smallest absolute Gasteiger partial charge is 0.325 e. The van der Waals surface area contributed by atoms with Crippen LogP contribution in [0.4, 0.5) is 0 Å². The molecule has 2 N–H and O–H groups in total. The Morgan fingerprint density at radius 3 is 2.11 bits per heavy atom. The van der Waals surface area contributed by atoms with E-state index in [1.54, 1.807) is 20.8 Å². The Labute approximate surface area is 158 Å². The van der Waals surface area contributed by atoms with Crippen LogP contribution in [0, 0.1) is 0 Å². The summed E-state index contributed by atoms with van der Waals surface area (Å²) < 4.78 is 5.05. The van der Waals surface area contributed by atoms with E-state index in [0.29, 0.717) is 25.8 Å². The molecule has 4 amide bonds. The van der Waals surface area contributed by atoms with Crippen LogP contribution in [0.25, 0.3) is 0 Å². The summed E-state index contributed by atoms with van der Waals surface area (Å²) >= 11 is 0. The van der Waals surface area contributed by atoms with Crippen LogP contribution in [0.3, 0.4) is 0 Å². The Kier molecular flexibility index (Phi) is 8.64. The highest BCUT2D eigenvalue weighted by molar-refractivity contribution is 6.12. The molecule has 0 unspecified atom stereocenters. The number of rotatable bonds is 10. The number of nitrogens with one attached hydrogen (secondary N) is 2. The van der Waals surface area contributed by atoms with Gasteiger partial charge in [0.1, 0.15) is 12.1 Å². The fourth-order valence-electron chi connectivity index (χ4n) is 2.26. The molecular weight excluding hydrogens is 354 g/mol. The predicted octanol–water partition coefficient (Wildman–Crippen LogP) is 0.0459. The molecule has 0 aliphatic carbocycles. The molecule has 9 nitrogen and oxygen atoms in total. The van der Waals surface area contributed by atoms with Crippen molar-refractivity contribution in [2.45, 2.75) is 52.1 Å². The van der Waals surface area contributed by atoms with Crippen LogP contribution in [0.1, 0.15) is 46.5 Å². The second-order valence-corrected chi connectivity index (χ2v) is 7.11. The number of amides is 4. The maximum Gasteiger partial charge on any atom is 0.325 e. The number of nitrogens with zero attached hydrogens (tertiary/aromatic N) is 1. The maximum absolute atomic E-state index is 11.7. The summed E-state index contributed by atoms with van der Waals surface area (Å²) in [7, 11) is 0. The molecule has 0 aromatic carbocycles. The molecule has 0 spiro atoms. The number of esters is 1. The van der Waals surface area contributed by atoms with Crippen molar-refractivity contribution in [3.63, 3.8) is 0 Å². The minimum absolute atomic E-state index is 0.218. The molecule has 0 radical (unpaired) electrons. The lowest BCUT2D eigenvalue weighted by molar-refractivity contribution is -0.154. The largest absolute Gasteiger partial charge is 0.459 e. The lowest BCUT2D eigenvalue weighted by Crippen LogP contribution is -2.40. The van der Waals surface area contributed by atoms with Crippen LogP contribution >= 0.6 is 0 Å². The molecule has 1 rings (SSSR count). The first-order chi connectivity index (χ1) is 12.6. The van der Waals surface area contributed by atoms with Gasteiger partial charge in [-0.3, -0.25) is 28.9 Å². The van der Waals surface area contributed by atoms with Crippen LogP contribution in [-0.2, 0) is 28.7 Å². The van der Waals surface area contributed by atoms with Gasteiger partial charge in [0.15, 0.2) is 0 Å². The minimum Gasteiger partial charge on any atom is -0.459 e. The van der Waals surface area contributed by atoms with Crippen molar-refractivity contribution in [1.29, 1.82) is 0 Å². The molecule has 0 atom stereocenters. The summed E-state index contributed by atoms with van der Waals surface area (Å²) in [6.45, 7) is 5.04. The summed E-state index contributed by atoms with van der Waals surface area (Å²) in [5, 5.41) is 4.84. The van der Waals surface area contributed by atoms with Gasteiger partial charge in [-0.1, -0.05) is 6.42 Å². The Morgan fingerprint density at radius 1 is 0.926 bits per heavy atom. The number of carbonyl (C=O) groups excluding carboxylic acids is 5. The normalized spacial score (nSPS) is 13.7. The van der Waals surface area contributed by atoms with Crippen molar-refractivity contribution in [2.75, 3.05) is 19.6 Å². The monoisotopic (exact) mass is 381 g/mol. The van der Waals surface area contributed by atoms with Crippen molar-refractivity contribution in [3.8, 4) is 0 Å². The molecule has 0 bridgehead atoms. The van der Waals surface area contributed by atoms with Crippen LogP contribution in [-0.4, -0.2) is 59.7 Å². The highest BCUT2D eigenvalue weighted by atomic mass is 16.6. The lowest BCUT2D eigenvalue weighted by atomic mass is 10.2. The quantitative estimate of drug-likeness (QED) is 0.313. The van der Waals surface area contributed by atoms with E-state index in [2.05, 4.69) is 10.6 Å². The first-order valence-electron chi connectivity index (χ1n) is 8.87. The van der Waals surface area contributed by atoms with Crippen LogP contribution in [0.5, 0.6) is 0 Å². The van der Waals surface area contributed by atoms with Gasteiger partial charge in [-0.2, -0.15) is 0 Å². The third-order valence-electron chi connectivity index (χ3n) is 3.48. The van der Waals surface area contributed by atoms with Crippen molar-refractivity contribution < 1.29 is 28.7 Å². The SMILES string of the molecule is CC(C)(C)OC(=O)CNC(=O)CNC(=O)CCCCCN1C(=O)C=CC1=O. The molecule has 27 heavy (non-hydrogen) atoms. The standard InChI is InChI=1S/C18H27N3O6/c1-18(2,3)27-17(26)12-20-14(23)11-19-13(22)7-5-4-6-10-21-15(24)8-9-16(21)25/h8-9H,4-7,10-12H2,1-3H3,(H,19,22)(H,20,23). The van der Waals surface area contributed by atoms with Crippen LogP contribution < -0.4 is 10.6 Å². The molecule has 1 aliphatic rings. The highest BCUT2D eigenvalue weighted by Crippen LogP contribution is 2.08. The van der Waals surface area contributed by atoms with E-state index in [1.807, 2.05) is 0 Å². The number of ether oxygens (including phenoxy) is 1. The van der Waals surface area contributed by atoms with Gasteiger partial charge < -0.3 is 15.4 Å². The fourth-order valence-corrected chi connectivity index (χ4v) is 2.26. The van der Waals surface area contributed by atoms with Gasteiger partial charge in [-0.25, -0.2) is 0 Å². The van der Waals surface area contributed by atoms with E-state index in [1.165, 1.54) is 12.2 Å². The zero-order chi connectivity index (χ0) is 20.4. The number of carbonyl (C=O) groups is 5. The van der Waals surface area contributed by atoms with Gasteiger partial charge in [0.05, 0.1) is 6.54 Å². The lowest BCUT2D eigenvalue weighted by Gasteiger charge is -2.19. The molecule has 0 aromatic rings. The summed E-state index contributed by atoms with van der Waals surface area (Å²) in [5.41, 5.74) is -0.623. The molecule has 9 heteroatoms. The van der Waals surface area contributed by atoms with Gasteiger partial charge in [0.25, 0.3) is 11.8 Å². The Bertz CT molecular complexity index is 603. The average Bonchev–Trinajstić information content (AvgIpc) is 2.88. The molecule has 0 fully saturated rings. The highest BCUT2D eigenvalue weighted by Gasteiger charge is 2.22. The van der Waals surface area contributed by atoms with E-state index in [9.17, 15) is 24.0 Å². The van der Waals surface area contributed by atoms with Gasteiger partial charge >= 0.3 is 5.97 Å².